The lowest BCUT2D eigenvalue weighted by atomic mass is 10.1. The third-order valence-electron chi connectivity index (χ3n) is 2.76. The molecule has 0 aliphatic carbocycles. The van der Waals surface area contributed by atoms with Crippen molar-refractivity contribution in [3.8, 4) is 5.75 Å². The first kappa shape index (κ1) is 13.1. The molecule has 2 aromatic rings. The van der Waals surface area contributed by atoms with Crippen molar-refractivity contribution in [2.75, 3.05) is 6.61 Å². The molecular formula is C15H16BrNO. The Labute approximate surface area is 116 Å². The summed E-state index contributed by atoms with van der Waals surface area (Å²) < 4.78 is 6.70. The number of ether oxygens (including phenoxy) is 1. The summed E-state index contributed by atoms with van der Waals surface area (Å²) in [6.45, 7) is 2.52. The maximum Gasteiger partial charge on any atom is 0.119 e. The summed E-state index contributed by atoms with van der Waals surface area (Å²) in [5, 5.41) is 0. The van der Waals surface area contributed by atoms with Crippen LogP contribution in [0.1, 0.15) is 17.2 Å². The van der Waals surface area contributed by atoms with Crippen LogP contribution in [0.25, 0.3) is 0 Å². The Morgan fingerprint density at radius 2 is 1.78 bits per heavy atom. The minimum Gasteiger partial charge on any atom is -0.492 e. The Bertz CT molecular complexity index is 510. The van der Waals surface area contributed by atoms with Crippen molar-refractivity contribution in [3.63, 3.8) is 0 Å². The van der Waals surface area contributed by atoms with Gasteiger partial charge >= 0.3 is 0 Å². The molecule has 0 saturated heterocycles. The largest absolute Gasteiger partial charge is 0.492 e. The Morgan fingerprint density at radius 1 is 1.11 bits per heavy atom. The van der Waals surface area contributed by atoms with Crippen LogP contribution in [0.3, 0.4) is 0 Å². The fourth-order valence-electron chi connectivity index (χ4n) is 1.69. The molecule has 94 valence electrons. The fourth-order valence-corrected chi connectivity index (χ4v) is 2.26. The summed E-state index contributed by atoms with van der Waals surface area (Å²) >= 11 is 3.50. The first-order chi connectivity index (χ1) is 8.66. The number of hydrogen-bond acceptors (Lipinski definition) is 2. The molecule has 1 unspecified atom stereocenters. The first-order valence-electron chi connectivity index (χ1n) is 5.86. The average Bonchev–Trinajstić information content (AvgIpc) is 2.38. The molecule has 0 aliphatic heterocycles. The van der Waals surface area contributed by atoms with Gasteiger partial charge in [0.2, 0.25) is 0 Å². The van der Waals surface area contributed by atoms with Gasteiger partial charge in [0.05, 0.1) is 6.04 Å². The topological polar surface area (TPSA) is 35.2 Å². The summed E-state index contributed by atoms with van der Waals surface area (Å²) in [5.41, 5.74) is 8.40. The molecule has 2 N–H and O–H groups in total. The molecule has 0 fully saturated rings. The molecule has 2 nitrogen and oxygen atoms in total. The van der Waals surface area contributed by atoms with E-state index in [9.17, 15) is 0 Å². The number of aryl methyl sites for hydroxylation is 1. The minimum absolute atomic E-state index is 0.137. The highest BCUT2D eigenvalue weighted by Gasteiger charge is 2.09. The first-order valence-corrected chi connectivity index (χ1v) is 6.65. The zero-order valence-electron chi connectivity index (χ0n) is 10.3. The lowest BCUT2D eigenvalue weighted by Gasteiger charge is -2.15. The van der Waals surface area contributed by atoms with Crippen molar-refractivity contribution in [3.05, 3.63) is 64.1 Å². The van der Waals surface area contributed by atoms with Crippen molar-refractivity contribution < 1.29 is 4.74 Å². The number of halogens is 1. The summed E-state index contributed by atoms with van der Waals surface area (Å²) in [7, 11) is 0. The Morgan fingerprint density at radius 3 is 2.44 bits per heavy atom. The second-order valence-corrected chi connectivity index (χ2v) is 5.11. The van der Waals surface area contributed by atoms with E-state index in [0.717, 1.165) is 15.8 Å². The van der Waals surface area contributed by atoms with Gasteiger partial charge in [-0.2, -0.15) is 0 Å². The van der Waals surface area contributed by atoms with Crippen LogP contribution in [-0.4, -0.2) is 6.61 Å². The SMILES string of the molecule is Cc1ccc(OCC(N)c2ccccc2Br)cc1. The van der Waals surface area contributed by atoms with E-state index in [2.05, 4.69) is 22.9 Å². The molecule has 0 spiro atoms. The Kier molecular flexibility index (Phi) is 4.39. The molecule has 0 aromatic heterocycles. The van der Waals surface area contributed by atoms with E-state index < -0.39 is 0 Å². The van der Waals surface area contributed by atoms with Gasteiger partial charge in [-0.15, -0.1) is 0 Å². The van der Waals surface area contributed by atoms with Gasteiger partial charge in [-0.05, 0) is 30.7 Å². The van der Waals surface area contributed by atoms with Gasteiger partial charge in [-0.25, -0.2) is 0 Å². The predicted molar refractivity (Wildman–Crippen MR) is 77.7 cm³/mol. The van der Waals surface area contributed by atoms with E-state index >= 15 is 0 Å². The van der Waals surface area contributed by atoms with Crippen molar-refractivity contribution in [1.82, 2.24) is 0 Å². The molecule has 1 atom stereocenters. The van der Waals surface area contributed by atoms with Crippen LogP contribution in [0.4, 0.5) is 0 Å². The van der Waals surface area contributed by atoms with Crippen LogP contribution in [0.5, 0.6) is 5.75 Å². The average molecular weight is 306 g/mol. The van der Waals surface area contributed by atoms with Crippen molar-refractivity contribution in [2.45, 2.75) is 13.0 Å². The third-order valence-corrected chi connectivity index (χ3v) is 3.48. The molecule has 2 aromatic carbocycles. The number of nitrogens with two attached hydrogens (primary N) is 1. The lowest BCUT2D eigenvalue weighted by molar-refractivity contribution is 0.290. The maximum absolute atomic E-state index is 6.12. The highest BCUT2D eigenvalue weighted by atomic mass is 79.9. The lowest BCUT2D eigenvalue weighted by Crippen LogP contribution is -2.19. The summed E-state index contributed by atoms with van der Waals surface area (Å²) in [6.07, 6.45) is 0. The van der Waals surface area contributed by atoms with Gasteiger partial charge in [-0.3, -0.25) is 0 Å². The van der Waals surface area contributed by atoms with Crippen LogP contribution in [-0.2, 0) is 0 Å². The molecule has 18 heavy (non-hydrogen) atoms. The fraction of sp³-hybridized carbons (Fsp3) is 0.200. The summed E-state index contributed by atoms with van der Waals surface area (Å²) in [5.74, 6) is 0.850. The molecule has 3 heteroatoms. The standard InChI is InChI=1S/C15H16BrNO/c1-11-6-8-12(9-7-11)18-10-15(17)13-4-2-3-5-14(13)16/h2-9,15H,10,17H2,1H3. The third kappa shape index (κ3) is 3.34. The second-order valence-electron chi connectivity index (χ2n) is 4.25. The van der Waals surface area contributed by atoms with Gasteiger partial charge < -0.3 is 10.5 Å². The molecule has 0 aliphatic rings. The van der Waals surface area contributed by atoms with E-state index in [1.807, 2.05) is 48.5 Å². The van der Waals surface area contributed by atoms with Gasteiger partial charge in [0.1, 0.15) is 12.4 Å². The van der Waals surface area contributed by atoms with Crippen LogP contribution in [0.2, 0.25) is 0 Å². The van der Waals surface area contributed by atoms with E-state index in [1.165, 1.54) is 5.56 Å². The summed E-state index contributed by atoms with van der Waals surface area (Å²) in [4.78, 5) is 0. The zero-order chi connectivity index (χ0) is 13.0. The van der Waals surface area contributed by atoms with Gasteiger partial charge in [0.15, 0.2) is 0 Å². The number of benzene rings is 2. The smallest absolute Gasteiger partial charge is 0.119 e. The highest BCUT2D eigenvalue weighted by Crippen LogP contribution is 2.22. The van der Waals surface area contributed by atoms with E-state index in [0.29, 0.717) is 6.61 Å². The molecule has 0 amide bonds. The molecular weight excluding hydrogens is 290 g/mol. The van der Waals surface area contributed by atoms with Crippen molar-refractivity contribution in [1.29, 1.82) is 0 Å². The van der Waals surface area contributed by atoms with Gasteiger partial charge in [-0.1, -0.05) is 51.8 Å². The van der Waals surface area contributed by atoms with E-state index in [4.69, 9.17) is 10.5 Å². The Hall–Kier alpha value is -1.32. The van der Waals surface area contributed by atoms with Crippen LogP contribution < -0.4 is 10.5 Å². The molecule has 0 radical (unpaired) electrons. The zero-order valence-corrected chi connectivity index (χ0v) is 11.9. The normalized spacial score (nSPS) is 12.2. The predicted octanol–water partition coefficient (Wildman–Crippen LogP) is 3.84. The molecule has 0 bridgehead atoms. The van der Waals surface area contributed by atoms with Crippen molar-refractivity contribution >= 4 is 15.9 Å². The molecule has 2 rings (SSSR count). The van der Waals surface area contributed by atoms with Crippen molar-refractivity contribution in [2.24, 2.45) is 5.73 Å². The monoisotopic (exact) mass is 305 g/mol. The minimum atomic E-state index is -0.137. The highest BCUT2D eigenvalue weighted by molar-refractivity contribution is 9.10. The second kappa shape index (κ2) is 6.03. The molecule has 0 heterocycles. The quantitative estimate of drug-likeness (QED) is 0.931. The number of rotatable bonds is 4. The Balaban J connectivity index is 1.98. The van der Waals surface area contributed by atoms with Crippen LogP contribution in [0.15, 0.2) is 53.0 Å². The van der Waals surface area contributed by atoms with E-state index in [-0.39, 0.29) is 6.04 Å². The maximum atomic E-state index is 6.12. The number of hydrogen-bond donors (Lipinski definition) is 1. The van der Waals surface area contributed by atoms with Gasteiger partial charge in [0.25, 0.3) is 0 Å². The van der Waals surface area contributed by atoms with Gasteiger partial charge in [0, 0.05) is 4.47 Å². The van der Waals surface area contributed by atoms with Crippen LogP contribution >= 0.6 is 15.9 Å². The van der Waals surface area contributed by atoms with E-state index in [1.54, 1.807) is 0 Å². The molecule has 0 saturated carbocycles. The summed E-state index contributed by atoms with van der Waals surface area (Å²) in [6, 6.07) is 15.8. The van der Waals surface area contributed by atoms with Crippen LogP contribution in [0, 0.1) is 6.92 Å².